The van der Waals surface area contributed by atoms with Gasteiger partial charge < -0.3 is 14.8 Å². The van der Waals surface area contributed by atoms with Crippen molar-refractivity contribution in [3.05, 3.63) is 91.4 Å². The second-order valence-electron chi connectivity index (χ2n) is 8.87. The molecule has 3 aromatic rings. The molecule has 1 atom stereocenters. The lowest BCUT2D eigenvalue weighted by Crippen LogP contribution is -2.48. The van der Waals surface area contributed by atoms with Gasteiger partial charge in [0.05, 0.1) is 27.8 Å². The fraction of sp³-hybridized carbons (Fsp3) is 0.250. The summed E-state index contributed by atoms with van der Waals surface area (Å²) in [4.78, 5) is 25.5. The van der Waals surface area contributed by atoms with Crippen LogP contribution in [-0.4, -0.2) is 31.2 Å². The summed E-state index contributed by atoms with van der Waals surface area (Å²) in [5.41, 5.74) is 5.66. The van der Waals surface area contributed by atoms with Gasteiger partial charge in [-0.05, 0) is 70.2 Å². The first-order valence-corrected chi connectivity index (χ1v) is 13.3. The fourth-order valence-electron chi connectivity index (χ4n) is 3.43. The molecule has 0 saturated carbocycles. The van der Waals surface area contributed by atoms with Gasteiger partial charge in [-0.2, -0.15) is 5.10 Å². The average Bonchev–Trinajstić information content (AvgIpc) is 2.88. The van der Waals surface area contributed by atoms with E-state index in [4.69, 9.17) is 32.7 Å². The molecule has 0 heterocycles. The Kier molecular flexibility index (Phi) is 10.6. The Morgan fingerprint density at radius 1 is 1.05 bits per heavy atom. The summed E-state index contributed by atoms with van der Waals surface area (Å²) in [6, 6.07) is 15.3. The Morgan fingerprint density at radius 2 is 1.76 bits per heavy atom. The average molecular weight is 621 g/mol. The maximum atomic E-state index is 12.8. The molecule has 3 aromatic carbocycles. The molecule has 200 valence electrons. The van der Waals surface area contributed by atoms with Crippen LogP contribution in [-0.2, 0) is 11.4 Å². The Morgan fingerprint density at radius 3 is 2.39 bits per heavy atom. The minimum absolute atomic E-state index is 0.198. The third kappa shape index (κ3) is 7.96. The van der Waals surface area contributed by atoms with Crippen molar-refractivity contribution in [2.45, 2.75) is 33.4 Å². The summed E-state index contributed by atoms with van der Waals surface area (Å²) in [6.45, 7) is 6.05. The van der Waals surface area contributed by atoms with Crippen LogP contribution in [0, 0.1) is 12.8 Å². The SMILES string of the molecule is COc1cc(C=NNC(=O)C(NC(=O)c2ccc(Cl)c(Cl)c2)C(C)C)cc(Br)c1OCc1ccc(C)cc1. The molecule has 0 fully saturated rings. The van der Waals surface area contributed by atoms with Crippen molar-refractivity contribution < 1.29 is 19.1 Å². The van der Waals surface area contributed by atoms with Gasteiger partial charge >= 0.3 is 0 Å². The van der Waals surface area contributed by atoms with Crippen LogP contribution < -0.4 is 20.2 Å². The second-order valence-corrected chi connectivity index (χ2v) is 10.5. The van der Waals surface area contributed by atoms with Crippen molar-refractivity contribution in [1.29, 1.82) is 0 Å². The molecule has 2 N–H and O–H groups in total. The molecule has 2 amide bonds. The highest BCUT2D eigenvalue weighted by Crippen LogP contribution is 2.37. The highest BCUT2D eigenvalue weighted by atomic mass is 79.9. The fourth-order valence-corrected chi connectivity index (χ4v) is 4.30. The predicted octanol–water partition coefficient (Wildman–Crippen LogP) is 6.56. The molecule has 10 heteroatoms. The van der Waals surface area contributed by atoms with Crippen molar-refractivity contribution in [1.82, 2.24) is 10.7 Å². The van der Waals surface area contributed by atoms with Crippen molar-refractivity contribution in [2.75, 3.05) is 7.11 Å². The molecule has 0 bridgehead atoms. The standard InChI is InChI=1S/C28H28BrCl2N3O4/c1-16(2)25(33-27(35)20-9-10-22(30)23(31)13-20)28(36)34-32-14-19-11-21(29)26(24(12-19)37-4)38-15-18-7-5-17(3)6-8-18/h5-14,16,25H,15H2,1-4H3,(H,33,35)(H,34,36). The van der Waals surface area contributed by atoms with Crippen LogP contribution in [0.2, 0.25) is 10.0 Å². The first-order chi connectivity index (χ1) is 18.1. The number of amides is 2. The number of benzene rings is 3. The zero-order valence-corrected chi connectivity index (χ0v) is 24.4. The molecule has 38 heavy (non-hydrogen) atoms. The molecular weight excluding hydrogens is 593 g/mol. The van der Waals surface area contributed by atoms with Crippen LogP contribution in [0.4, 0.5) is 0 Å². The molecule has 7 nitrogen and oxygen atoms in total. The third-order valence-corrected chi connectivity index (χ3v) is 6.89. The van der Waals surface area contributed by atoms with Crippen LogP contribution in [0.1, 0.15) is 40.9 Å². The number of hydrazone groups is 1. The number of ether oxygens (including phenoxy) is 2. The number of methoxy groups -OCH3 is 1. The van der Waals surface area contributed by atoms with E-state index in [0.29, 0.717) is 38.7 Å². The minimum atomic E-state index is -0.826. The lowest BCUT2D eigenvalue weighted by molar-refractivity contribution is -0.123. The van der Waals surface area contributed by atoms with Crippen molar-refractivity contribution in [2.24, 2.45) is 11.0 Å². The highest BCUT2D eigenvalue weighted by Gasteiger charge is 2.25. The maximum Gasteiger partial charge on any atom is 0.262 e. The number of nitrogens with zero attached hydrogens (tertiary/aromatic N) is 1. The molecular formula is C28H28BrCl2N3O4. The lowest BCUT2D eigenvalue weighted by Gasteiger charge is -2.20. The van der Waals surface area contributed by atoms with Gasteiger partial charge in [-0.15, -0.1) is 0 Å². The lowest BCUT2D eigenvalue weighted by atomic mass is 10.0. The van der Waals surface area contributed by atoms with Crippen LogP contribution in [0.25, 0.3) is 0 Å². The summed E-state index contributed by atoms with van der Waals surface area (Å²) < 4.78 is 12.2. The number of aryl methyl sites for hydroxylation is 1. The van der Waals surface area contributed by atoms with E-state index >= 15 is 0 Å². The highest BCUT2D eigenvalue weighted by molar-refractivity contribution is 9.10. The van der Waals surface area contributed by atoms with Crippen LogP contribution in [0.3, 0.4) is 0 Å². The summed E-state index contributed by atoms with van der Waals surface area (Å²) in [5.74, 6) is -0.0477. The van der Waals surface area contributed by atoms with E-state index < -0.39 is 17.9 Å². The van der Waals surface area contributed by atoms with Gasteiger partial charge in [-0.1, -0.05) is 66.9 Å². The number of rotatable bonds is 10. The quantitative estimate of drug-likeness (QED) is 0.199. The van der Waals surface area contributed by atoms with E-state index in [1.54, 1.807) is 19.2 Å². The first kappa shape index (κ1) is 29.5. The molecule has 0 radical (unpaired) electrons. The van der Waals surface area contributed by atoms with Crippen LogP contribution in [0.5, 0.6) is 11.5 Å². The van der Waals surface area contributed by atoms with Gasteiger partial charge in [0.15, 0.2) is 11.5 Å². The van der Waals surface area contributed by atoms with Gasteiger partial charge in [0.25, 0.3) is 11.8 Å². The van der Waals surface area contributed by atoms with E-state index in [9.17, 15) is 9.59 Å². The summed E-state index contributed by atoms with van der Waals surface area (Å²) >= 11 is 15.5. The van der Waals surface area contributed by atoms with Crippen molar-refractivity contribution in [3.8, 4) is 11.5 Å². The first-order valence-electron chi connectivity index (χ1n) is 11.7. The largest absolute Gasteiger partial charge is 0.493 e. The molecule has 0 spiro atoms. The van der Waals surface area contributed by atoms with Gasteiger partial charge in [-0.3, -0.25) is 9.59 Å². The number of hydrogen-bond acceptors (Lipinski definition) is 5. The van der Waals surface area contributed by atoms with E-state index in [2.05, 4.69) is 31.8 Å². The number of hydrogen-bond donors (Lipinski definition) is 2. The zero-order chi connectivity index (χ0) is 27.8. The molecule has 0 aliphatic rings. The Bertz CT molecular complexity index is 1330. The zero-order valence-electron chi connectivity index (χ0n) is 21.3. The number of carbonyl (C=O) groups is 2. The Labute approximate surface area is 240 Å². The molecule has 0 saturated heterocycles. The van der Waals surface area contributed by atoms with Crippen LogP contribution in [0.15, 0.2) is 64.2 Å². The summed E-state index contributed by atoms with van der Waals surface area (Å²) in [7, 11) is 1.55. The predicted molar refractivity (Wildman–Crippen MR) is 154 cm³/mol. The second kappa shape index (κ2) is 13.6. The normalized spacial score (nSPS) is 11.9. The Balaban J connectivity index is 1.66. The monoisotopic (exact) mass is 619 g/mol. The minimum Gasteiger partial charge on any atom is -0.493 e. The van der Waals surface area contributed by atoms with E-state index in [1.807, 2.05) is 45.0 Å². The number of carbonyl (C=O) groups excluding carboxylic acids is 2. The van der Waals surface area contributed by atoms with Crippen molar-refractivity contribution >= 4 is 57.2 Å². The molecule has 0 aliphatic carbocycles. The smallest absolute Gasteiger partial charge is 0.262 e. The topological polar surface area (TPSA) is 89.0 Å². The maximum absolute atomic E-state index is 12.8. The van der Waals surface area contributed by atoms with Crippen LogP contribution >= 0.6 is 39.1 Å². The van der Waals surface area contributed by atoms with Crippen molar-refractivity contribution in [3.63, 3.8) is 0 Å². The van der Waals surface area contributed by atoms with E-state index in [-0.39, 0.29) is 10.9 Å². The summed E-state index contributed by atoms with van der Waals surface area (Å²) in [5, 5.41) is 7.38. The van der Waals surface area contributed by atoms with E-state index in [1.165, 1.54) is 30.0 Å². The van der Waals surface area contributed by atoms with Gasteiger partial charge in [0.2, 0.25) is 0 Å². The van der Waals surface area contributed by atoms with Gasteiger partial charge in [0.1, 0.15) is 12.6 Å². The summed E-state index contributed by atoms with van der Waals surface area (Å²) in [6.07, 6.45) is 1.48. The van der Waals surface area contributed by atoms with Gasteiger partial charge in [-0.25, -0.2) is 5.43 Å². The molecule has 1 unspecified atom stereocenters. The molecule has 0 aromatic heterocycles. The molecule has 0 aliphatic heterocycles. The molecule has 3 rings (SSSR count). The third-order valence-electron chi connectivity index (χ3n) is 5.56. The Hall–Kier alpha value is -3.07. The number of nitrogens with one attached hydrogen (secondary N) is 2. The van der Waals surface area contributed by atoms with E-state index in [0.717, 1.165) is 5.56 Å². The number of halogens is 3. The van der Waals surface area contributed by atoms with Gasteiger partial charge in [0, 0.05) is 5.56 Å².